The molecule has 0 atom stereocenters. The lowest BCUT2D eigenvalue weighted by molar-refractivity contribution is -0.384. The van der Waals surface area contributed by atoms with E-state index in [0.29, 0.717) is 17.7 Å². The van der Waals surface area contributed by atoms with Crippen molar-refractivity contribution in [3.05, 3.63) is 75.1 Å². The molecule has 0 saturated carbocycles. The maximum Gasteiger partial charge on any atom is 0.270 e. The summed E-state index contributed by atoms with van der Waals surface area (Å²) in [7, 11) is 0. The third kappa shape index (κ3) is 3.66. The maximum atomic E-state index is 13.1. The summed E-state index contributed by atoms with van der Waals surface area (Å²) in [5, 5.41) is 11.0. The average Bonchev–Trinajstić information content (AvgIpc) is 2.66. The molecule has 0 spiro atoms. The Kier molecular flexibility index (Phi) is 4.93. The van der Waals surface area contributed by atoms with E-state index in [0.717, 1.165) is 10.6 Å². The van der Waals surface area contributed by atoms with Crippen LogP contribution in [0, 0.1) is 15.9 Å². The number of aromatic nitrogens is 2. The highest BCUT2D eigenvalue weighted by Gasteiger charge is 2.17. The quantitative estimate of drug-likeness (QED) is 0.508. The zero-order valence-electron chi connectivity index (χ0n) is 14.3. The minimum Gasteiger partial charge on any atom is -0.311 e. The van der Waals surface area contributed by atoms with Gasteiger partial charge in [0.2, 0.25) is 5.91 Å². The summed E-state index contributed by atoms with van der Waals surface area (Å²) in [5.74, 6) is -0.809. The van der Waals surface area contributed by atoms with Crippen LogP contribution < -0.4 is 10.5 Å². The number of carbonyl (C=O) groups excluding carboxylic acids is 1. The first-order chi connectivity index (χ1) is 12.9. The molecular weight excluding hydrogens is 355 g/mol. The molecule has 0 aliphatic rings. The lowest BCUT2D eigenvalue weighted by Gasteiger charge is -2.21. The van der Waals surface area contributed by atoms with Crippen molar-refractivity contribution in [3.8, 4) is 0 Å². The first-order valence-corrected chi connectivity index (χ1v) is 8.10. The Hall–Kier alpha value is -3.62. The van der Waals surface area contributed by atoms with Gasteiger partial charge in [-0.05, 0) is 37.3 Å². The summed E-state index contributed by atoms with van der Waals surface area (Å²) >= 11 is 0. The summed E-state index contributed by atoms with van der Waals surface area (Å²) in [4.78, 5) is 41.0. The molecule has 0 radical (unpaired) electrons. The first-order valence-electron chi connectivity index (χ1n) is 8.10. The number of likely N-dealkylation sites (N-methyl/N-ethyl adjacent to an activating group) is 1. The van der Waals surface area contributed by atoms with E-state index >= 15 is 0 Å². The van der Waals surface area contributed by atoms with Crippen molar-refractivity contribution in [1.82, 2.24) is 9.55 Å². The topological polar surface area (TPSA) is 98.3 Å². The first kappa shape index (κ1) is 18.2. The van der Waals surface area contributed by atoms with Crippen LogP contribution in [0.3, 0.4) is 0 Å². The van der Waals surface area contributed by atoms with Crippen LogP contribution in [0.2, 0.25) is 0 Å². The molecule has 0 aliphatic heterocycles. The highest BCUT2D eigenvalue weighted by molar-refractivity contribution is 5.93. The van der Waals surface area contributed by atoms with E-state index in [1.54, 1.807) is 6.92 Å². The van der Waals surface area contributed by atoms with Crippen molar-refractivity contribution >= 4 is 28.2 Å². The SMILES string of the molecule is CCN(C(=O)Cn1cnc2ccc([N+](=O)[O-])cc2c1=O)c1ccc(F)cc1. The fourth-order valence-corrected chi connectivity index (χ4v) is 2.73. The van der Waals surface area contributed by atoms with E-state index in [9.17, 15) is 24.1 Å². The van der Waals surface area contributed by atoms with Gasteiger partial charge in [-0.15, -0.1) is 0 Å². The van der Waals surface area contributed by atoms with Gasteiger partial charge in [-0.1, -0.05) is 0 Å². The zero-order chi connectivity index (χ0) is 19.6. The van der Waals surface area contributed by atoms with Gasteiger partial charge in [-0.3, -0.25) is 24.3 Å². The number of carbonyl (C=O) groups is 1. The Balaban J connectivity index is 1.94. The average molecular weight is 370 g/mol. The Morgan fingerprint density at radius 2 is 1.96 bits per heavy atom. The highest BCUT2D eigenvalue weighted by atomic mass is 19.1. The number of anilines is 1. The molecule has 0 fully saturated rings. The second kappa shape index (κ2) is 7.32. The summed E-state index contributed by atoms with van der Waals surface area (Å²) in [6.45, 7) is 1.79. The Bertz CT molecular complexity index is 1080. The molecule has 0 aliphatic carbocycles. The van der Waals surface area contributed by atoms with Crippen molar-refractivity contribution in [3.63, 3.8) is 0 Å². The second-order valence-corrected chi connectivity index (χ2v) is 5.75. The molecule has 1 heterocycles. The summed E-state index contributed by atoms with van der Waals surface area (Å²) < 4.78 is 14.2. The molecule has 1 amide bonds. The van der Waals surface area contributed by atoms with Gasteiger partial charge in [-0.2, -0.15) is 0 Å². The molecule has 3 rings (SSSR count). The fraction of sp³-hybridized carbons (Fsp3) is 0.167. The van der Waals surface area contributed by atoms with Crippen LogP contribution in [0.15, 0.2) is 53.6 Å². The molecule has 3 aromatic rings. The van der Waals surface area contributed by atoms with Gasteiger partial charge in [0.05, 0.1) is 22.2 Å². The van der Waals surface area contributed by atoms with Gasteiger partial charge in [0.25, 0.3) is 11.2 Å². The molecule has 0 N–H and O–H groups in total. The summed E-state index contributed by atoms with van der Waals surface area (Å²) in [5.41, 5.74) is 0.0284. The fourth-order valence-electron chi connectivity index (χ4n) is 2.73. The van der Waals surface area contributed by atoms with Gasteiger partial charge in [0, 0.05) is 24.4 Å². The number of hydrogen-bond acceptors (Lipinski definition) is 5. The molecule has 0 saturated heterocycles. The molecule has 2 aromatic carbocycles. The maximum absolute atomic E-state index is 13.1. The standard InChI is InChI=1S/C18H15FN4O4/c1-2-22(13-5-3-12(19)4-6-13)17(24)10-21-11-20-16-8-7-14(23(26)27)9-15(16)18(21)25/h3-9,11H,2,10H2,1H3. The number of nitrogens with zero attached hydrogens (tertiary/aromatic N) is 4. The van der Waals surface area contributed by atoms with Gasteiger partial charge < -0.3 is 4.90 Å². The number of nitro groups is 1. The van der Waals surface area contributed by atoms with E-state index < -0.39 is 22.2 Å². The Morgan fingerprint density at radius 1 is 1.26 bits per heavy atom. The zero-order valence-corrected chi connectivity index (χ0v) is 14.3. The molecule has 0 bridgehead atoms. The highest BCUT2D eigenvalue weighted by Crippen LogP contribution is 2.17. The van der Waals surface area contributed by atoms with Crippen LogP contribution in [0.5, 0.6) is 0 Å². The predicted molar refractivity (Wildman–Crippen MR) is 97.1 cm³/mol. The third-order valence-electron chi connectivity index (χ3n) is 4.08. The number of halogens is 1. The largest absolute Gasteiger partial charge is 0.311 e. The predicted octanol–water partition coefficient (Wildman–Crippen LogP) is 2.50. The van der Waals surface area contributed by atoms with E-state index in [1.165, 1.54) is 47.6 Å². The van der Waals surface area contributed by atoms with Crippen molar-refractivity contribution < 1.29 is 14.1 Å². The van der Waals surface area contributed by atoms with Crippen molar-refractivity contribution in [2.24, 2.45) is 0 Å². The number of fused-ring (bicyclic) bond motifs is 1. The molecule has 138 valence electrons. The van der Waals surface area contributed by atoms with E-state index in [4.69, 9.17) is 0 Å². The molecule has 0 unspecified atom stereocenters. The monoisotopic (exact) mass is 370 g/mol. The van der Waals surface area contributed by atoms with Crippen LogP contribution in [0.1, 0.15) is 6.92 Å². The van der Waals surface area contributed by atoms with Crippen molar-refractivity contribution in [2.75, 3.05) is 11.4 Å². The number of benzene rings is 2. The second-order valence-electron chi connectivity index (χ2n) is 5.75. The van der Waals surface area contributed by atoms with E-state index in [1.807, 2.05) is 0 Å². The molecule has 1 aromatic heterocycles. The van der Waals surface area contributed by atoms with Crippen LogP contribution in [-0.2, 0) is 11.3 Å². The third-order valence-corrected chi connectivity index (χ3v) is 4.08. The number of hydrogen-bond donors (Lipinski definition) is 0. The molecule has 8 nitrogen and oxygen atoms in total. The summed E-state index contributed by atoms with van der Waals surface area (Å²) in [6.07, 6.45) is 1.23. The van der Waals surface area contributed by atoms with Crippen LogP contribution in [0.25, 0.3) is 10.9 Å². The van der Waals surface area contributed by atoms with Gasteiger partial charge in [0.1, 0.15) is 12.4 Å². The molecule has 9 heteroatoms. The minimum absolute atomic E-state index is 0.0596. The van der Waals surface area contributed by atoms with Crippen molar-refractivity contribution in [2.45, 2.75) is 13.5 Å². The van der Waals surface area contributed by atoms with E-state index in [2.05, 4.69) is 4.98 Å². The number of nitro benzene ring substituents is 1. The van der Waals surface area contributed by atoms with Crippen LogP contribution >= 0.6 is 0 Å². The minimum atomic E-state index is -0.602. The van der Waals surface area contributed by atoms with Gasteiger partial charge >= 0.3 is 0 Å². The van der Waals surface area contributed by atoms with Crippen molar-refractivity contribution in [1.29, 1.82) is 0 Å². The summed E-state index contributed by atoms with van der Waals surface area (Å²) in [6, 6.07) is 9.23. The Labute approximate surface area is 152 Å². The lowest BCUT2D eigenvalue weighted by Crippen LogP contribution is -2.36. The Morgan fingerprint density at radius 3 is 2.59 bits per heavy atom. The number of amides is 1. The number of rotatable bonds is 5. The molecule has 27 heavy (non-hydrogen) atoms. The lowest BCUT2D eigenvalue weighted by atomic mass is 10.2. The van der Waals surface area contributed by atoms with Gasteiger partial charge in [0.15, 0.2) is 0 Å². The van der Waals surface area contributed by atoms with Crippen LogP contribution in [-0.4, -0.2) is 26.9 Å². The normalized spacial score (nSPS) is 10.7. The smallest absolute Gasteiger partial charge is 0.270 e. The molecular formula is C18H15FN4O4. The van der Waals surface area contributed by atoms with Crippen LogP contribution in [0.4, 0.5) is 15.8 Å². The van der Waals surface area contributed by atoms with Gasteiger partial charge in [-0.25, -0.2) is 9.37 Å². The van der Waals surface area contributed by atoms with E-state index in [-0.39, 0.29) is 17.6 Å². The number of non-ortho nitro benzene ring substituents is 1.